The van der Waals surface area contributed by atoms with Crippen molar-refractivity contribution in [2.24, 2.45) is 11.7 Å². The minimum atomic E-state index is -3.03. The van der Waals surface area contributed by atoms with Gasteiger partial charge in [-0.25, -0.2) is 8.42 Å². The van der Waals surface area contributed by atoms with E-state index in [2.05, 4.69) is 6.92 Å². The molecule has 2 rings (SSSR count). The summed E-state index contributed by atoms with van der Waals surface area (Å²) < 4.78 is 26.1. The predicted octanol–water partition coefficient (Wildman–Crippen LogP) is 0.928. The summed E-state index contributed by atoms with van der Waals surface area (Å²) in [6.07, 6.45) is 4.76. The average Bonchev–Trinajstić information content (AvgIpc) is 3.12. The molecule has 16 heavy (non-hydrogen) atoms. The van der Waals surface area contributed by atoms with Gasteiger partial charge in [-0.15, -0.1) is 0 Å². The van der Waals surface area contributed by atoms with Crippen LogP contribution in [0.4, 0.5) is 0 Å². The second-order valence-corrected chi connectivity index (χ2v) is 7.21. The van der Waals surface area contributed by atoms with Crippen LogP contribution in [-0.2, 0) is 10.0 Å². The maximum atomic E-state index is 12.2. The summed E-state index contributed by atoms with van der Waals surface area (Å²) >= 11 is 0. The number of piperidine rings is 1. The molecule has 0 spiro atoms. The van der Waals surface area contributed by atoms with E-state index < -0.39 is 10.0 Å². The Balaban J connectivity index is 2.09. The van der Waals surface area contributed by atoms with Crippen LogP contribution >= 0.6 is 0 Å². The molecule has 1 saturated carbocycles. The zero-order valence-electron chi connectivity index (χ0n) is 9.93. The van der Waals surface area contributed by atoms with Gasteiger partial charge >= 0.3 is 0 Å². The Labute approximate surface area is 98.2 Å². The third-order valence-electron chi connectivity index (χ3n) is 3.89. The first-order chi connectivity index (χ1) is 7.59. The van der Waals surface area contributed by atoms with Gasteiger partial charge in [0.1, 0.15) is 0 Å². The molecule has 1 saturated heterocycles. The van der Waals surface area contributed by atoms with E-state index in [1.54, 1.807) is 4.31 Å². The van der Waals surface area contributed by atoms with Crippen LogP contribution in [0, 0.1) is 5.92 Å². The molecule has 1 heterocycles. The smallest absolute Gasteiger partial charge is 0.217 e. The van der Waals surface area contributed by atoms with Crippen LogP contribution in [0.15, 0.2) is 0 Å². The summed E-state index contributed by atoms with van der Waals surface area (Å²) in [6.45, 7) is 3.31. The molecule has 2 aliphatic rings. The van der Waals surface area contributed by atoms with Crippen LogP contribution < -0.4 is 5.73 Å². The molecule has 0 aromatic carbocycles. The number of rotatable bonds is 4. The second-order valence-electron chi connectivity index (χ2n) is 5.04. The first kappa shape index (κ1) is 12.3. The van der Waals surface area contributed by atoms with Gasteiger partial charge in [0.25, 0.3) is 0 Å². The van der Waals surface area contributed by atoms with Crippen LogP contribution in [0.5, 0.6) is 0 Å². The van der Waals surface area contributed by atoms with E-state index >= 15 is 0 Å². The summed E-state index contributed by atoms with van der Waals surface area (Å²) in [5, 5.41) is -0.0975. The van der Waals surface area contributed by atoms with E-state index in [0.29, 0.717) is 19.0 Å². The van der Waals surface area contributed by atoms with Gasteiger partial charge in [-0.05, 0) is 31.6 Å². The van der Waals surface area contributed by atoms with E-state index in [0.717, 1.165) is 32.1 Å². The summed E-state index contributed by atoms with van der Waals surface area (Å²) in [4.78, 5) is 0. The van der Waals surface area contributed by atoms with Crippen LogP contribution in [0.25, 0.3) is 0 Å². The van der Waals surface area contributed by atoms with Crippen molar-refractivity contribution >= 4 is 10.0 Å². The van der Waals surface area contributed by atoms with E-state index in [-0.39, 0.29) is 11.3 Å². The Bertz CT molecular complexity index is 338. The topological polar surface area (TPSA) is 63.4 Å². The summed E-state index contributed by atoms with van der Waals surface area (Å²) in [6, 6.07) is 0.0456. The summed E-state index contributed by atoms with van der Waals surface area (Å²) in [5.41, 5.74) is 5.72. The highest BCUT2D eigenvalue weighted by Gasteiger charge is 2.44. The van der Waals surface area contributed by atoms with Crippen molar-refractivity contribution in [2.75, 3.05) is 13.1 Å². The molecule has 0 aromatic rings. The van der Waals surface area contributed by atoms with Gasteiger partial charge in [-0.2, -0.15) is 4.31 Å². The number of sulfonamides is 1. The van der Waals surface area contributed by atoms with E-state index in [1.807, 2.05) is 0 Å². The molecule has 5 heteroatoms. The SMILES string of the molecule is CCC1CCN(S(=O)(=O)C2CC2)C(CN)C1. The molecule has 94 valence electrons. The monoisotopic (exact) mass is 246 g/mol. The van der Waals surface area contributed by atoms with Crippen molar-refractivity contribution in [3.8, 4) is 0 Å². The van der Waals surface area contributed by atoms with Gasteiger partial charge in [0.2, 0.25) is 10.0 Å². The molecule has 2 unspecified atom stereocenters. The molecule has 2 N–H and O–H groups in total. The minimum absolute atomic E-state index is 0.0456. The molecule has 1 aliphatic heterocycles. The molecule has 2 fully saturated rings. The van der Waals surface area contributed by atoms with Crippen molar-refractivity contribution in [3.63, 3.8) is 0 Å². The lowest BCUT2D eigenvalue weighted by atomic mass is 9.90. The Kier molecular flexibility index (Phi) is 3.56. The molecule has 0 radical (unpaired) electrons. The molecule has 1 aliphatic carbocycles. The third-order valence-corrected chi connectivity index (χ3v) is 6.34. The van der Waals surface area contributed by atoms with E-state index in [9.17, 15) is 8.42 Å². The minimum Gasteiger partial charge on any atom is -0.329 e. The third kappa shape index (κ3) is 2.26. The van der Waals surface area contributed by atoms with Crippen molar-refractivity contribution < 1.29 is 8.42 Å². The number of hydrogen-bond donors (Lipinski definition) is 1. The highest BCUT2D eigenvalue weighted by Crippen LogP contribution is 2.35. The molecular weight excluding hydrogens is 224 g/mol. The average molecular weight is 246 g/mol. The summed E-state index contributed by atoms with van der Waals surface area (Å²) in [7, 11) is -3.03. The first-order valence-corrected chi connectivity index (χ1v) is 7.80. The van der Waals surface area contributed by atoms with Gasteiger partial charge < -0.3 is 5.73 Å². The van der Waals surface area contributed by atoms with Gasteiger partial charge in [0.15, 0.2) is 0 Å². The highest BCUT2D eigenvalue weighted by atomic mass is 32.2. The van der Waals surface area contributed by atoms with E-state index in [4.69, 9.17) is 5.73 Å². The van der Waals surface area contributed by atoms with Crippen LogP contribution in [0.2, 0.25) is 0 Å². The highest BCUT2D eigenvalue weighted by molar-refractivity contribution is 7.90. The fourth-order valence-corrected chi connectivity index (χ4v) is 4.65. The fraction of sp³-hybridized carbons (Fsp3) is 1.00. The molecule has 4 nitrogen and oxygen atoms in total. The zero-order valence-corrected chi connectivity index (χ0v) is 10.7. The second kappa shape index (κ2) is 4.63. The number of nitrogens with zero attached hydrogens (tertiary/aromatic N) is 1. The predicted molar refractivity (Wildman–Crippen MR) is 64.5 cm³/mol. The maximum Gasteiger partial charge on any atom is 0.217 e. The Morgan fingerprint density at radius 3 is 2.50 bits per heavy atom. The molecular formula is C11H22N2O2S. The number of nitrogens with two attached hydrogens (primary N) is 1. The lowest BCUT2D eigenvalue weighted by molar-refractivity contribution is 0.197. The van der Waals surface area contributed by atoms with E-state index in [1.165, 1.54) is 0 Å². The Hall–Kier alpha value is -0.130. The zero-order chi connectivity index (χ0) is 11.8. The lowest BCUT2D eigenvalue weighted by Crippen LogP contribution is -2.50. The Morgan fingerprint density at radius 1 is 1.31 bits per heavy atom. The van der Waals surface area contributed by atoms with Crippen LogP contribution in [0.1, 0.15) is 39.0 Å². The normalized spacial score (nSPS) is 32.9. The molecule has 0 aromatic heterocycles. The van der Waals surface area contributed by atoms with Crippen molar-refractivity contribution in [1.29, 1.82) is 0 Å². The first-order valence-electron chi connectivity index (χ1n) is 6.30. The Morgan fingerprint density at radius 2 is 2.00 bits per heavy atom. The molecule has 0 bridgehead atoms. The lowest BCUT2D eigenvalue weighted by Gasteiger charge is -2.37. The quantitative estimate of drug-likeness (QED) is 0.802. The molecule has 2 atom stereocenters. The van der Waals surface area contributed by atoms with Crippen molar-refractivity contribution in [1.82, 2.24) is 4.31 Å². The maximum absolute atomic E-state index is 12.2. The van der Waals surface area contributed by atoms with Crippen molar-refractivity contribution in [2.45, 2.75) is 50.3 Å². The van der Waals surface area contributed by atoms with Crippen LogP contribution in [-0.4, -0.2) is 37.1 Å². The molecule has 0 amide bonds. The van der Waals surface area contributed by atoms with Gasteiger partial charge in [-0.3, -0.25) is 0 Å². The van der Waals surface area contributed by atoms with Gasteiger partial charge in [0, 0.05) is 19.1 Å². The largest absolute Gasteiger partial charge is 0.329 e. The standard InChI is InChI=1S/C11H22N2O2S/c1-2-9-5-6-13(10(7-9)8-12)16(14,15)11-3-4-11/h9-11H,2-8,12H2,1H3. The summed E-state index contributed by atoms with van der Waals surface area (Å²) in [5.74, 6) is 0.652. The number of hydrogen-bond acceptors (Lipinski definition) is 3. The van der Waals surface area contributed by atoms with Gasteiger partial charge in [0.05, 0.1) is 5.25 Å². The van der Waals surface area contributed by atoms with Gasteiger partial charge in [-0.1, -0.05) is 13.3 Å². The fourth-order valence-electron chi connectivity index (χ4n) is 2.59. The van der Waals surface area contributed by atoms with Crippen LogP contribution in [0.3, 0.4) is 0 Å². The van der Waals surface area contributed by atoms with Crippen molar-refractivity contribution in [3.05, 3.63) is 0 Å².